The summed E-state index contributed by atoms with van der Waals surface area (Å²) in [6.07, 6.45) is 3.06. The number of aromatic nitrogens is 1. The Balaban J connectivity index is 1.42. The Hall–Kier alpha value is -2.67. The van der Waals surface area contributed by atoms with Gasteiger partial charge in [-0.15, -0.1) is 0 Å². The number of likely N-dealkylation sites (tertiary alicyclic amines) is 1. The number of hydrogen-bond donors (Lipinski definition) is 0. The maximum absolute atomic E-state index is 13.1. The van der Waals surface area contributed by atoms with Crippen molar-refractivity contribution in [3.63, 3.8) is 0 Å². The number of sulfone groups is 1. The number of para-hydroxylation sites is 1. The number of benzene rings is 2. The second-order valence-corrected chi connectivity index (χ2v) is 9.77. The van der Waals surface area contributed by atoms with Gasteiger partial charge in [0.15, 0.2) is 9.84 Å². The first-order chi connectivity index (χ1) is 13.9. The molecular weight excluding hydrogens is 391 g/mol. The van der Waals surface area contributed by atoms with Gasteiger partial charge in [-0.3, -0.25) is 4.79 Å². The molecule has 1 aliphatic heterocycles. The second kappa shape index (κ2) is 7.63. The largest absolute Gasteiger partial charge is 0.350 e. The van der Waals surface area contributed by atoms with Crippen molar-refractivity contribution in [2.24, 2.45) is 7.05 Å². The monoisotopic (exact) mass is 414 g/mol. The van der Waals surface area contributed by atoms with Gasteiger partial charge in [-0.1, -0.05) is 18.2 Å². The van der Waals surface area contributed by atoms with Crippen molar-refractivity contribution < 1.29 is 17.6 Å². The molecule has 29 heavy (non-hydrogen) atoms. The van der Waals surface area contributed by atoms with Gasteiger partial charge in [0, 0.05) is 37.2 Å². The molecule has 7 heteroatoms. The third-order valence-electron chi connectivity index (χ3n) is 5.70. The standard InChI is InChI=1S/C22H23FN2O3S/c1-24-15-16(20-4-2-3-5-21(20)24)14-22(26)25-12-10-19(11-13-25)29(27,28)18-8-6-17(23)7-9-18/h2-9,15,19H,10-14H2,1H3. The Kier molecular flexibility index (Phi) is 5.17. The summed E-state index contributed by atoms with van der Waals surface area (Å²) in [5.41, 5.74) is 2.06. The summed E-state index contributed by atoms with van der Waals surface area (Å²) in [7, 11) is -1.56. The van der Waals surface area contributed by atoms with Crippen LogP contribution in [0.2, 0.25) is 0 Å². The molecule has 0 aliphatic carbocycles. The van der Waals surface area contributed by atoms with E-state index < -0.39 is 20.9 Å². The van der Waals surface area contributed by atoms with Crippen molar-refractivity contribution in [3.05, 3.63) is 66.1 Å². The number of carbonyl (C=O) groups is 1. The minimum atomic E-state index is -3.52. The molecule has 1 saturated heterocycles. The molecule has 3 aromatic rings. The molecule has 4 rings (SSSR count). The highest BCUT2D eigenvalue weighted by Crippen LogP contribution is 2.26. The lowest BCUT2D eigenvalue weighted by molar-refractivity contribution is -0.131. The lowest BCUT2D eigenvalue weighted by Gasteiger charge is -2.31. The van der Waals surface area contributed by atoms with Gasteiger partial charge in [-0.25, -0.2) is 12.8 Å². The van der Waals surface area contributed by atoms with Crippen LogP contribution < -0.4 is 0 Å². The summed E-state index contributed by atoms with van der Waals surface area (Å²) in [4.78, 5) is 14.7. The summed E-state index contributed by atoms with van der Waals surface area (Å²) in [5.74, 6) is -0.447. The molecule has 2 aromatic carbocycles. The van der Waals surface area contributed by atoms with Gasteiger partial charge >= 0.3 is 0 Å². The van der Waals surface area contributed by atoms with E-state index in [2.05, 4.69) is 0 Å². The van der Waals surface area contributed by atoms with Gasteiger partial charge in [0.2, 0.25) is 5.91 Å². The van der Waals surface area contributed by atoms with Crippen LogP contribution in [0.15, 0.2) is 59.6 Å². The van der Waals surface area contributed by atoms with Gasteiger partial charge in [0.25, 0.3) is 0 Å². The molecule has 152 valence electrons. The fourth-order valence-electron chi connectivity index (χ4n) is 4.07. The van der Waals surface area contributed by atoms with E-state index in [9.17, 15) is 17.6 Å². The molecule has 0 N–H and O–H groups in total. The molecule has 2 heterocycles. The van der Waals surface area contributed by atoms with Crippen molar-refractivity contribution in [2.45, 2.75) is 29.4 Å². The first kappa shape index (κ1) is 19.6. The third-order valence-corrected chi connectivity index (χ3v) is 7.98. The van der Waals surface area contributed by atoms with Gasteiger partial charge in [0.1, 0.15) is 5.82 Å². The van der Waals surface area contributed by atoms with Crippen molar-refractivity contribution in [2.75, 3.05) is 13.1 Å². The van der Waals surface area contributed by atoms with Crippen LogP contribution in [0.25, 0.3) is 10.9 Å². The third kappa shape index (κ3) is 3.79. The number of amides is 1. The lowest BCUT2D eigenvalue weighted by Crippen LogP contribution is -2.43. The fraction of sp³-hybridized carbons (Fsp3) is 0.318. The molecule has 0 spiro atoms. The maximum atomic E-state index is 13.1. The molecule has 0 radical (unpaired) electrons. The second-order valence-electron chi connectivity index (χ2n) is 7.54. The number of hydrogen-bond acceptors (Lipinski definition) is 3. The van der Waals surface area contributed by atoms with Crippen LogP contribution >= 0.6 is 0 Å². The average molecular weight is 415 g/mol. The summed E-state index contributed by atoms with van der Waals surface area (Å²) in [6, 6.07) is 12.9. The van der Waals surface area contributed by atoms with Crippen LogP contribution in [-0.2, 0) is 28.1 Å². The van der Waals surface area contributed by atoms with Crippen LogP contribution in [0.3, 0.4) is 0 Å². The number of fused-ring (bicyclic) bond motifs is 1. The highest BCUT2D eigenvalue weighted by atomic mass is 32.2. The zero-order valence-electron chi connectivity index (χ0n) is 16.2. The van der Waals surface area contributed by atoms with E-state index in [1.165, 1.54) is 12.1 Å². The summed E-state index contributed by atoms with van der Waals surface area (Å²) in [6.45, 7) is 0.823. The number of carbonyl (C=O) groups excluding carboxylic acids is 1. The van der Waals surface area contributed by atoms with E-state index in [0.717, 1.165) is 28.6 Å². The molecule has 1 fully saturated rings. The first-order valence-electron chi connectivity index (χ1n) is 9.66. The Morgan fingerprint density at radius 1 is 1.07 bits per heavy atom. The predicted octanol–water partition coefficient (Wildman–Crippen LogP) is 3.32. The van der Waals surface area contributed by atoms with Gasteiger partial charge in [0.05, 0.1) is 16.6 Å². The smallest absolute Gasteiger partial charge is 0.227 e. The minimum Gasteiger partial charge on any atom is -0.350 e. The molecule has 0 atom stereocenters. The fourth-order valence-corrected chi connectivity index (χ4v) is 5.81. The minimum absolute atomic E-state index is 0.0129. The van der Waals surface area contributed by atoms with Gasteiger partial charge in [-0.05, 0) is 48.7 Å². The predicted molar refractivity (Wildman–Crippen MR) is 110 cm³/mol. The average Bonchev–Trinajstić information content (AvgIpc) is 3.04. The zero-order chi connectivity index (χ0) is 20.6. The Labute approximate surface area is 169 Å². The molecule has 1 amide bonds. The van der Waals surface area contributed by atoms with Crippen LogP contribution in [0.5, 0.6) is 0 Å². The van der Waals surface area contributed by atoms with E-state index in [1.807, 2.05) is 42.1 Å². The van der Waals surface area contributed by atoms with Crippen molar-refractivity contribution >= 4 is 26.6 Å². The van der Waals surface area contributed by atoms with E-state index in [4.69, 9.17) is 0 Å². The van der Waals surface area contributed by atoms with E-state index in [1.54, 1.807) is 4.90 Å². The van der Waals surface area contributed by atoms with E-state index in [-0.39, 0.29) is 10.8 Å². The molecule has 5 nitrogen and oxygen atoms in total. The van der Waals surface area contributed by atoms with Gasteiger partial charge in [-0.2, -0.15) is 0 Å². The highest BCUT2D eigenvalue weighted by Gasteiger charge is 2.32. The van der Waals surface area contributed by atoms with Crippen molar-refractivity contribution in [1.82, 2.24) is 9.47 Å². The molecular formula is C22H23FN2O3S. The van der Waals surface area contributed by atoms with Crippen molar-refractivity contribution in [1.29, 1.82) is 0 Å². The molecule has 0 unspecified atom stereocenters. The Morgan fingerprint density at radius 3 is 2.41 bits per heavy atom. The number of aryl methyl sites for hydroxylation is 1. The first-order valence-corrected chi connectivity index (χ1v) is 11.2. The Morgan fingerprint density at radius 2 is 1.72 bits per heavy atom. The topological polar surface area (TPSA) is 59.4 Å². The maximum Gasteiger partial charge on any atom is 0.227 e. The molecule has 0 bridgehead atoms. The van der Waals surface area contributed by atoms with Gasteiger partial charge < -0.3 is 9.47 Å². The van der Waals surface area contributed by atoms with Crippen LogP contribution in [0.1, 0.15) is 18.4 Å². The molecule has 1 aliphatic rings. The summed E-state index contributed by atoms with van der Waals surface area (Å²) < 4.78 is 40.7. The van der Waals surface area contributed by atoms with E-state index in [0.29, 0.717) is 32.4 Å². The number of rotatable bonds is 4. The lowest BCUT2D eigenvalue weighted by atomic mass is 10.1. The van der Waals surface area contributed by atoms with E-state index >= 15 is 0 Å². The summed E-state index contributed by atoms with van der Waals surface area (Å²) >= 11 is 0. The highest BCUT2D eigenvalue weighted by molar-refractivity contribution is 7.92. The number of halogens is 1. The summed E-state index contributed by atoms with van der Waals surface area (Å²) in [5, 5.41) is 0.520. The van der Waals surface area contributed by atoms with Crippen LogP contribution in [0, 0.1) is 5.82 Å². The Bertz CT molecular complexity index is 1140. The molecule has 1 aromatic heterocycles. The molecule has 0 saturated carbocycles. The van der Waals surface area contributed by atoms with Crippen molar-refractivity contribution in [3.8, 4) is 0 Å². The van der Waals surface area contributed by atoms with Crippen LogP contribution in [0.4, 0.5) is 4.39 Å². The number of piperidine rings is 1. The SMILES string of the molecule is Cn1cc(CC(=O)N2CCC(S(=O)(=O)c3ccc(F)cc3)CC2)c2ccccc21. The quantitative estimate of drug-likeness (QED) is 0.616. The normalized spacial score (nSPS) is 15.7. The van der Waals surface area contributed by atoms with Crippen LogP contribution in [-0.4, -0.2) is 42.1 Å². The number of nitrogens with zero attached hydrogens (tertiary/aromatic N) is 2. The zero-order valence-corrected chi connectivity index (χ0v) is 17.0.